The molecule has 0 bridgehead atoms. The molecule has 0 saturated carbocycles. The molecule has 2 aromatic carbocycles. The smallest absolute Gasteiger partial charge is 0.228 e. The van der Waals surface area contributed by atoms with E-state index in [9.17, 15) is 9.59 Å². The minimum atomic E-state index is -0.1000. The predicted molar refractivity (Wildman–Crippen MR) is 104 cm³/mol. The molecule has 3 rings (SSSR count). The van der Waals surface area contributed by atoms with E-state index in [1.165, 1.54) is 6.20 Å². The van der Waals surface area contributed by atoms with E-state index in [0.717, 1.165) is 24.0 Å². The molecule has 0 saturated heterocycles. The lowest BCUT2D eigenvalue weighted by Crippen LogP contribution is -2.32. The minimum absolute atomic E-state index is 0.0641. The highest BCUT2D eigenvalue weighted by Crippen LogP contribution is 2.16. The molecule has 26 heavy (non-hydrogen) atoms. The van der Waals surface area contributed by atoms with Gasteiger partial charge in [-0.2, -0.15) is 5.10 Å². The van der Waals surface area contributed by atoms with Crippen LogP contribution in [0.4, 0.5) is 5.69 Å². The summed E-state index contributed by atoms with van der Waals surface area (Å²) in [5.41, 5.74) is 1.58. The van der Waals surface area contributed by atoms with Gasteiger partial charge in [-0.15, -0.1) is 0 Å². The number of anilines is 1. The molecule has 0 N–H and O–H groups in total. The van der Waals surface area contributed by atoms with E-state index in [4.69, 9.17) is 0 Å². The number of carbonyl (C=O) groups excluding carboxylic acids is 1. The van der Waals surface area contributed by atoms with Crippen molar-refractivity contribution in [2.45, 2.75) is 32.7 Å². The van der Waals surface area contributed by atoms with Crippen molar-refractivity contribution in [2.75, 3.05) is 11.4 Å². The molecule has 1 aromatic heterocycles. The summed E-state index contributed by atoms with van der Waals surface area (Å²) in [6.45, 7) is 3.26. The number of rotatable bonds is 7. The largest absolute Gasteiger partial charge is 0.312 e. The zero-order valence-electron chi connectivity index (χ0n) is 15.0. The molecule has 0 aliphatic rings. The number of fused-ring (bicyclic) bond motifs is 1. The normalized spacial score (nSPS) is 10.8. The third-order valence-corrected chi connectivity index (χ3v) is 4.40. The fraction of sp³-hybridized carbons (Fsp3) is 0.286. The van der Waals surface area contributed by atoms with Crippen LogP contribution in [-0.2, 0) is 11.3 Å². The molecular formula is C21H23N3O2. The number of hydrogen-bond donors (Lipinski definition) is 0. The summed E-state index contributed by atoms with van der Waals surface area (Å²) in [5.74, 6) is 0.0641. The van der Waals surface area contributed by atoms with Crippen LogP contribution in [-0.4, -0.2) is 22.2 Å². The number of unbranched alkanes of at least 4 members (excludes halogenated alkanes) is 1. The molecule has 1 amide bonds. The minimum Gasteiger partial charge on any atom is -0.312 e. The van der Waals surface area contributed by atoms with Gasteiger partial charge < -0.3 is 4.90 Å². The number of aryl methyl sites for hydroxylation is 1. The van der Waals surface area contributed by atoms with Crippen molar-refractivity contribution in [1.29, 1.82) is 0 Å². The van der Waals surface area contributed by atoms with Crippen LogP contribution in [0.1, 0.15) is 26.2 Å². The van der Waals surface area contributed by atoms with Crippen molar-refractivity contribution in [2.24, 2.45) is 0 Å². The maximum absolute atomic E-state index is 12.8. The second kappa shape index (κ2) is 8.43. The average molecular weight is 349 g/mol. The first-order valence-electron chi connectivity index (χ1n) is 9.01. The van der Waals surface area contributed by atoms with Gasteiger partial charge in [0.05, 0.1) is 18.3 Å². The highest BCUT2D eigenvalue weighted by molar-refractivity contribution is 5.93. The first-order valence-corrected chi connectivity index (χ1v) is 9.01. The van der Waals surface area contributed by atoms with E-state index < -0.39 is 0 Å². The van der Waals surface area contributed by atoms with Crippen LogP contribution in [0.5, 0.6) is 0 Å². The van der Waals surface area contributed by atoms with Gasteiger partial charge in [0.1, 0.15) is 0 Å². The van der Waals surface area contributed by atoms with Gasteiger partial charge in [0.2, 0.25) is 11.3 Å². The van der Waals surface area contributed by atoms with Crippen LogP contribution >= 0.6 is 0 Å². The SMILES string of the molecule is CCCCN(C(=O)CCn1ncc(=O)c2ccccc21)c1ccccc1. The predicted octanol–water partition coefficient (Wildman–Crippen LogP) is 3.62. The molecule has 3 aromatic rings. The van der Waals surface area contributed by atoms with Gasteiger partial charge in [-0.3, -0.25) is 14.3 Å². The molecule has 0 aliphatic carbocycles. The number of amides is 1. The van der Waals surface area contributed by atoms with Gasteiger partial charge in [0.15, 0.2) is 0 Å². The zero-order chi connectivity index (χ0) is 18.4. The molecular weight excluding hydrogens is 326 g/mol. The fourth-order valence-corrected chi connectivity index (χ4v) is 3.00. The van der Waals surface area contributed by atoms with Crippen molar-refractivity contribution in [3.63, 3.8) is 0 Å². The number of nitrogens with zero attached hydrogens (tertiary/aromatic N) is 3. The standard InChI is InChI=1S/C21H23N3O2/c1-2-3-14-23(17-9-5-4-6-10-17)21(26)13-15-24-19-12-8-7-11-18(19)20(25)16-22-24/h4-12,16H,2-3,13-15H2,1H3. The summed E-state index contributed by atoms with van der Waals surface area (Å²) < 4.78 is 1.73. The third kappa shape index (κ3) is 3.99. The van der Waals surface area contributed by atoms with Crippen molar-refractivity contribution in [1.82, 2.24) is 9.78 Å². The van der Waals surface area contributed by atoms with Crippen LogP contribution in [0.3, 0.4) is 0 Å². The van der Waals surface area contributed by atoms with E-state index in [1.54, 1.807) is 10.7 Å². The average Bonchev–Trinajstić information content (AvgIpc) is 2.69. The molecule has 5 heteroatoms. The number of hydrogen-bond acceptors (Lipinski definition) is 3. The zero-order valence-corrected chi connectivity index (χ0v) is 15.0. The molecule has 0 atom stereocenters. The Bertz CT molecular complexity index is 935. The van der Waals surface area contributed by atoms with Gasteiger partial charge >= 0.3 is 0 Å². The quantitative estimate of drug-likeness (QED) is 0.655. The van der Waals surface area contributed by atoms with E-state index in [0.29, 0.717) is 24.9 Å². The van der Waals surface area contributed by atoms with Gasteiger partial charge in [-0.1, -0.05) is 43.7 Å². The molecule has 5 nitrogen and oxygen atoms in total. The van der Waals surface area contributed by atoms with Crippen LogP contribution in [0.2, 0.25) is 0 Å². The van der Waals surface area contributed by atoms with Crippen molar-refractivity contribution in [3.05, 3.63) is 71.0 Å². The first-order chi connectivity index (χ1) is 12.7. The van der Waals surface area contributed by atoms with Crippen LogP contribution in [0.15, 0.2) is 65.6 Å². The summed E-state index contributed by atoms with van der Waals surface area (Å²) in [6, 6.07) is 17.1. The molecule has 0 spiro atoms. The second-order valence-corrected chi connectivity index (χ2v) is 6.23. The number of benzene rings is 2. The van der Waals surface area contributed by atoms with Crippen LogP contribution < -0.4 is 10.3 Å². The van der Waals surface area contributed by atoms with Crippen molar-refractivity contribution >= 4 is 22.5 Å². The molecule has 0 radical (unpaired) electrons. The van der Waals surface area contributed by atoms with E-state index in [1.807, 2.05) is 53.4 Å². The first kappa shape index (κ1) is 17.9. The lowest BCUT2D eigenvalue weighted by Gasteiger charge is -2.23. The Balaban J connectivity index is 1.78. The maximum atomic E-state index is 12.8. The molecule has 1 heterocycles. The third-order valence-electron chi connectivity index (χ3n) is 4.40. The number of aromatic nitrogens is 2. The Morgan fingerprint density at radius 2 is 1.81 bits per heavy atom. The van der Waals surface area contributed by atoms with E-state index in [-0.39, 0.29) is 11.3 Å². The Morgan fingerprint density at radius 1 is 1.08 bits per heavy atom. The highest BCUT2D eigenvalue weighted by Gasteiger charge is 2.15. The molecule has 134 valence electrons. The van der Waals surface area contributed by atoms with Gasteiger partial charge in [0.25, 0.3) is 0 Å². The number of para-hydroxylation sites is 2. The summed E-state index contributed by atoms with van der Waals surface area (Å²) in [5, 5.41) is 4.83. The molecule has 0 fully saturated rings. The Hall–Kier alpha value is -2.95. The Labute approximate surface area is 152 Å². The van der Waals surface area contributed by atoms with Crippen molar-refractivity contribution < 1.29 is 4.79 Å². The lowest BCUT2D eigenvalue weighted by atomic mass is 10.2. The summed E-state index contributed by atoms with van der Waals surface area (Å²) in [6.07, 6.45) is 3.64. The van der Waals surface area contributed by atoms with Crippen LogP contribution in [0, 0.1) is 0 Å². The van der Waals surface area contributed by atoms with Crippen molar-refractivity contribution in [3.8, 4) is 0 Å². The second-order valence-electron chi connectivity index (χ2n) is 6.23. The Morgan fingerprint density at radius 3 is 2.58 bits per heavy atom. The lowest BCUT2D eigenvalue weighted by molar-refractivity contribution is -0.118. The van der Waals surface area contributed by atoms with Gasteiger partial charge in [0, 0.05) is 24.0 Å². The summed E-state index contributed by atoms with van der Waals surface area (Å²) >= 11 is 0. The van der Waals surface area contributed by atoms with E-state index >= 15 is 0 Å². The summed E-state index contributed by atoms with van der Waals surface area (Å²) in [4.78, 5) is 26.6. The number of carbonyl (C=O) groups is 1. The van der Waals surface area contributed by atoms with Gasteiger partial charge in [-0.25, -0.2) is 0 Å². The summed E-state index contributed by atoms with van der Waals surface area (Å²) in [7, 11) is 0. The maximum Gasteiger partial charge on any atom is 0.228 e. The van der Waals surface area contributed by atoms with E-state index in [2.05, 4.69) is 12.0 Å². The highest BCUT2D eigenvalue weighted by atomic mass is 16.2. The molecule has 0 aliphatic heterocycles. The van der Waals surface area contributed by atoms with Gasteiger partial charge in [-0.05, 0) is 30.7 Å². The van der Waals surface area contributed by atoms with Crippen LogP contribution in [0.25, 0.3) is 10.9 Å². The fourth-order valence-electron chi connectivity index (χ4n) is 3.00. The topological polar surface area (TPSA) is 55.2 Å². The molecule has 0 unspecified atom stereocenters. The monoisotopic (exact) mass is 349 g/mol. The Kier molecular flexibility index (Phi) is 5.79.